The predicted molar refractivity (Wildman–Crippen MR) is 70.5 cm³/mol. The van der Waals surface area contributed by atoms with Gasteiger partial charge < -0.3 is 5.73 Å². The molecular formula is C15H17N. The molecule has 2 aromatic carbocycles. The summed E-state index contributed by atoms with van der Waals surface area (Å²) in [7, 11) is 0. The highest BCUT2D eigenvalue weighted by Gasteiger charge is 2.05. The zero-order valence-corrected chi connectivity index (χ0v) is 10.0. The average Bonchev–Trinajstić information content (AvgIpc) is 2.26. The second-order valence-electron chi connectivity index (χ2n) is 4.32. The predicted octanol–water partition coefficient (Wildman–Crippen LogP) is 3.86. The smallest absolute Gasteiger partial charge is 0.0393 e. The summed E-state index contributed by atoms with van der Waals surface area (Å²) in [6.45, 7) is 6.44. The fourth-order valence-electron chi connectivity index (χ4n) is 1.95. The maximum absolute atomic E-state index is 5.99. The van der Waals surface area contributed by atoms with E-state index in [9.17, 15) is 0 Å². The first kappa shape index (κ1) is 10.7. The lowest BCUT2D eigenvalue weighted by molar-refractivity contribution is 1.27. The monoisotopic (exact) mass is 211 g/mol. The van der Waals surface area contributed by atoms with Gasteiger partial charge in [0.25, 0.3) is 0 Å². The Morgan fingerprint density at radius 2 is 1.44 bits per heavy atom. The van der Waals surface area contributed by atoms with E-state index in [0.29, 0.717) is 0 Å². The van der Waals surface area contributed by atoms with E-state index in [1.807, 2.05) is 18.2 Å². The summed E-state index contributed by atoms with van der Waals surface area (Å²) in [5.74, 6) is 0. The van der Waals surface area contributed by atoms with Gasteiger partial charge in [-0.05, 0) is 49.1 Å². The van der Waals surface area contributed by atoms with Gasteiger partial charge in [-0.15, -0.1) is 0 Å². The quantitative estimate of drug-likeness (QED) is 0.712. The van der Waals surface area contributed by atoms with Crippen LogP contribution in [-0.2, 0) is 0 Å². The molecule has 0 atom stereocenters. The molecule has 0 fully saturated rings. The summed E-state index contributed by atoms with van der Waals surface area (Å²) in [6.07, 6.45) is 0. The molecule has 1 heteroatoms. The highest BCUT2D eigenvalue weighted by molar-refractivity contribution is 5.77. The average molecular weight is 211 g/mol. The van der Waals surface area contributed by atoms with E-state index in [1.165, 1.54) is 22.3 Å². The molecule has 2 rings (SSSR count). The van der Waals surface area contributed by atoms with Crippen molar-refractivity contribution in [2.24, 2.45) is 0 Å². The van der Waals surface area contributed by atoms with Crippen LogP contribution in [0.1, 0.15) is 16.7 Å². The molecule has 0 aliphatic heterocycles. The van der Waals surface area contributed by atoms with Gasteiger partial charge in [0.1, 0.15) is 0 Å². The van der Waals surface area contributed by atoms with Crippen LogP contribution in [0.5, 0.6) is 0 Å². The Labute approximate surface area is 96.9 Å². The molecule has 0 aromatic heterocycles. The van der Waals surface area contributed by atoms with Gasteiger partial charge in [0.05, 0.1) is 0 Å². The Morgan fingerprint density at radius 1 is 0.875 bits per heavy atom. The van der Waals surface area contributed by atoms with Crippen molar-refractivity contribution in [3.05, 3.63) is 53.1 Å². The molecule has 0 aliphatic rings. The Bertz CT molecular complexity index is 504. The van der Waals surface area contributed by atoms with Crippen LogP contribution in [0, 0.1) is 20.8 Å². The third-order valence-corrected chi connectivity index (χ3v) is 3.20. The molecule has 2 N–H and O–H groups in total. The van der Waals surface area contributed by atoms with Crippen molar-refractivity contribution in [2.45, 2.75) is 20.8 Å². The first-order valence-corrected chi connectivity index (χ1v) is 5.52. The minimum absolute atomic E-state index is 0.838. The summed E-state index contributed by atoms with van der Waals surface area (Å²) in [5, 5.41) is 0. The van der Waals surface area contributed by atoms with Gasteiger partial charge in [-0.3, -0.25) is 0 Å². The van der Waals surface area contributed by atoms with E-state index in [-0.39, 0.29) is 0 Å². The standard InChI is InChI=1S/C15H17N/c1-10-8-13(9-11(2)12(10)3)14-6-4-5-7-15(14)16/h4-9H,16H2,1-3H3. The number of hydrogen-bond acceptors (Lipinski definition) is 1. The number of nitrogens with two attached hydrogens (primary N) is 1. The second-order valence-corrected chi connectivity index (χ2v) is 4.32. The summed E-state index contributed by atoms with van der Waals surface area (Å²) < 4.78 is 0. The van der Waals surface area contributed by atoms with Gasteiger partial charge >= 0.3 is 0 Å². The largest absolute Gasteiger partial charge is 0.398 e. The number of benzene rings is 2. The molecule has 0 unspecified atom stereocenters. The van der Waals surface area contributed by atoms with Crippen LogP contribution in [0.3, 0.4) is 0 Å². The molecule has 0 saturated carbocycles. The molecule has 0 saturated heterocycles. The van der Waals surface area contributed by atoms with E-state index < -0.39 is 0 Å². The molecule has 0 amide bonds. The first-order valence-electron chi connectivity index (χ1n) is 5.52. The summed E-state index contributed by atoms with van der Waals surface area (Å²) in [4.78, 5) is 0. The fourth-order valence-corrected chi connectivity index (χ4v) is 1.95. The number of rotatable bonds is 1. The van der Waals surface area contributed by atoms with Gasteiger partial charge in [-0.2, -0.15) is 0 Å². The van der Waals surface area contributed by atoms with Crippen molar-refractivity contribution in [3.8, 4) is 11.1 Å². The van der Waals surface area contributed by atoms with Crippen molar-refractivity contribution in [2.75, 3.05) is 5.73 Å². The lowest BCUT2D eigenvalue weighted by atomic mass is 9.96. The number of anilines is 1. The zero-order valence-electron chi connectivity index (χ0n) is 10.0. The molecule has 0 radical (unpaired) electrons. The highest BCUT2D eigenvalue weighted by atomic mass is 14.6. The third kappa shape index (κ3) is 1.81. The van der Waals surface area contributed by atoms with Crippen molar-refractivity contribution in [1.82, 2.24) is 0 Å². The van der Waals surface area contributed by atoms with E-state index in [2.05, 4.69) is 39.0 Å². The zero-order chi connectivity index (χ0) is 11.7. The Balaban J connectivity index is 2.62. The molecule has 82 valence electrons. The van der Waals surface area contributed by atoms with Gasteiger partial charge in [0.2, 0.25) is 0 Å². The normalized spacial score (nSPS) is 10.4. The number of para-hydroxylation sites is 1. The molecule has 0 spiro atoms. The van der Waals surface area contributed by atoms with E-state index >= 15 is 0 Å². The Morgan fingerprint density at radius 3 is 2.00 bits per heavy atom. The maximum atomic E-state index is 5.99. The van der Waals surface area contributed by atoms with Crippen LogP contribution in [-0.4, -0.2) is 0 Å². The van der Waals surface area contributed by atoms with Crippen LogP contribution in [0.4, 0.5) is 5.69 Å². The van der Waals surface area contributed by atoms with Crippen molar-refractivity contribution in [1.29, 1.82) is 0 Å². The van der Waals surface area contributed by atoms with Crippen molar-refractivity contribution >= 4 is 5.69 Å². The van der Waals surface area contributed by atoms with Crippen LogP contribution < -0.4 is 5.73 Å². The molecule has 2 aromatic rings. The summed E-state index contributed by atoms with van der Waals surface area (Å²) >= 11 is 0. The van der Waals surface area contributed by atoms with Crippen molar-refractivity contribution in [3.63, 3.8) is 0 Å². The van der Waals surface area contributed by atoms with Crippen LogP contribution in [0.25, 0.3) is 11.1 Å². The summed E-state index contributed by atoms with van der Waals surface area (Å²) in [6, 6.07) is 12.4. The van der Waals surface area contributed by atoms with Crippen LogP contribution in [0.15, 0.2) is 36.4 Å². The number of hydrogen-bond donors (Lipinski definition) is 1. The van der Waals surface area contributed by atoms with Gasteiger partial charge in [-0.1, -0.05) is 30.3 Å². The lowest BCUT2D eigenvalue weighted by Crippen LogP contribution is -1.92. The van der Waals surface area contributed by atoms with Gasteiger partial charge in [0.15, 0.2) is 0 Å². The minimum Gasteiger partial charge on any atom is -0.398 e. The highest BCUT2D eigenvalue weighted by Crippen LogP contribution is 2.28. The van der Waals surface area contributed by atoms with Gasteiger partial charge in [-0.25, -0.2) is 0 Å². The topological polar surface area (TPSA) is 26.0 Å². The fraction of sp³-hybridized carbons (Fsp3) is 0.200. The van der Waals surface area contributed by atoms with E-state index in [0.717, 1.165) is 11.3 Å². The molecule has 0 heterocycles. The number of nitrogen functional groups attached to an aromatic ring is 1. The maximum Gasteiger partial charge on any atom is 0.0393 e. The summed E-state index contributed by atoms with van der Waals surface area (Å²) in [5.41, 5.74) is 13.2. The number of aryl methyl sites for hydroxylation is 2. The van der Waals surface area contributed by atoms with Crippen LogP contribution in [0.2, 0.25) is 0 Å². The van der Waals surface area contributed by atoms with Crippen LogP contribution >= 0.6 is 0 Å². The van der Waals surface area contributed by atoms with Gasteiger partial charge in [0, 0.05) is 11.3 Å². The Kier molecular flexibility index (Phi) is 2.69. The molecule has 0 bridgehead atoms. The Hall–Kier alpha value is -1.76. The second kappa shape index (κ2) is 4.01. The molecular weight excluding hydrogens is 194 g/mol. The SMILES string of the molecule is Cc1cc(-c2ccccc2N)cc(C)c1C. The minimum atomic E-state index is 0.838. The third-order valence-electron chi connectivity index (χ3n) is 3.20. The van der Waals surface area contributed by atoms with E-state index in [4.69, 9.17) is 5.73 Å². The van der Waals surface area contributed by atoms with E-state index in [1.54, 1.807) is 0 Å². The molecule has 16 heavy (non-hydrogen) atoms. The molecule has 1 nitrogen and oxygen atoms in total. The lowest BCUT2D eigenvalue weighted by Gasteiger charge is -2.11. The van der Waals surface area contributed by atoms with Crippen molar-refractivity contribution < 1.29 is 0 Å². The molecule has 0 aliphatic carbocycles. The first-order chi connectivity index (χ1) is 7.59.